The highest BCUT2D eigenvalue weighted by molar-refractivity contribution is 5.14. The maximum absolute atomic E-state index is 3.64. The highest BCUT2D eigenvalue weighted by atomic mass is 15.1. The smallest absolute Gasteiger partial charge is 0.0233 e. The van der Waals surface area contributed by atoms with Crippen molar-refractivity contribution in [3.05, 3.63) is 35.9 Å². The molecule has 2 nitrogen and oxygen atoms in total. The van der Waals surface area contributed by atoms with Crippen LogP contribution >= 0.6 is 0 Å². The Morgan fingerprint density at radius 2 is 2.00 bits per heavy atom. The van der Waals surface area contributed by atoms with Gasteiger partial charge in [-0.3, -0.25) is 4.90 Å². The molecule has 18 heavy (non-hydrogen) atoms. The third kappa shape index (κ3) is 3.56. The van der Waals surface area contributed by atoms with Crippen LogP contribution in [0.1, 0.15) is 32.3 Å². The largest absolute Gasteiger partial charge is 0.314 e. The highest BCUT2D eigenvalue weighted by Gasteiger charge is 2.26. The van der Waals surface area contributed by atoms with Crippen molar-refractivity contribution in [3.8, 4) is 0 Å². The normalized spacial score (nSPS) is 25.2. The van der Waals surface area contributed by atoms with Crippen molar-refractivity contribution >= 4 is 0 Å². The molecule has 1 aromatic carbocycles. The first kappa shape index (κ1) is 13.6. The number of benzene rings is 1. The van der Waals surface area contributed by atoms with Crippen LogP contribution in [-0.4, -0.2) is 30.6 Å². The number of nitrogens with zero attached hydrogens (tertiary/aromatic N) is 1. The highest BCUT2D eigenvalue weighted by Crippen LogP contribution is 2.21. The first-order valence-corrected chi connectivity index (χ1v) is 7.33. The van der Waals surface area contributed by atoms with Gasteiger partial charge in [0.2, 0.25) is 0 Å². The van der Waals surface area contributed by atoms with Gasteiger partial charge in [-0.15, -0.1) is 0 Å². The van der Waals surface area contributed by atoms with E-state index in [-0.39, 0.29) is 0 Å². The molecule has 1 aromatic rings. The fraction of sp³-hybridized carbons (Fsp3) is 0.625. The summed E-state index contributed by atoms with van der Waals surface area (Å²) >= 11 is 0. The van der Waals surface area contributed by atoms with E-state index in [1.54, 1.807) is 0 Å². The van der Waals surface area contributed by atoms with E-state index in [4.69, 9.17) is 0 Å². The van der Waals surface area contributed by atoms with Crippen molar-refractivity contribution in [3.63, 3.8) is 0 Å². The lowest BCUT2D eigenvalue weighted by molar-refractivity contribution is 0.129. The summed E-state index contributed by atoms with van der Waals surface area (Å²) in [5.41, 5.74) is 1.44. The monoisotopic (exact) mass is 246 g/mol. The van der Waals surface area contributed by atoms with Crippen molar-refractivity contribution < 1.29 is 0 Å². The van der Waals surface area contributed by atoms with E-state index in [9.17, 15) is 0 Å². The second-order valence-electron chi connectivity index (χ2n) is 5.34. The fourth-order valence-electron chi connectivity index (χ4n) is 3.04. The van der Waals surface area contributed by atoms with Crippen LogP contribution in [0.5, 0.6) is 0 Å². The maximum atomic E-state index is 3.64. The third-order valence-corrected chi connectivity index (χ3v) is 4.06. The Morgan fingerprint density at radius 1 is 1.22 bits per heavy atom. The lowest BCUT2D eigenvalue weighted by Gasteiger charge is -2.38. The summed E-state index contributed by atoms with van der Waals surface area (Å²) in [6, 6.07) is 11.6. The van der Waals surface area contributed by atoms with Crippen molar-refractivity contribution in [2.75, 3.05) is 19.6 Å². The van der Waals surface area contributed by atoms with Gasteiger partial charge in [-0.2, -0.15) is 0 Å². The molecule has 1 aliphatic rings. The van der Waals surface area contributed by atoms with Gasteiger partial charge < -0.3 is 5.32 Å². The van der Waals surface area contributed by atoms with Crippen LogP contribution in [0.3, 0.4) is 0 Å². The number of nitrogens with one attached hydrogen (secondary N) is 1. The number of hydrogen-bond acceptors (Lipinski definition) is 2. The Balaban J connectivity index is 1.89. The zero-order chi connectivity index (χ0) is 12.8. The Kier molecular flexibility index (Phi) is 5.21. The molecule has 1 N–H and O–H groups in total. The summed E-state index contributed by atoms with van der Waals surface area (Å²) in [6.45, 7) is 9.20. The van der Waals surface area contributed by atoms with Crippen LogP contribution in [0, 0.1) is 5.92 Å². The lowest BCUT2D eigenvalue weighted by atomic mass is 9.89. The molecule has 1 fully saturated rings. The van der Waals surface area contributed by atoms with E-state index < -0.39 is 0 Å². The lowest BCUT2D eigenvalue weighted by Crippen LogP contribution is -2.48. The van der Waals surface area contributed by atoms with Gasteiger partial charge in [-0.05, 0) is 31.0 Å². The van der Waals surface area contributed by atoms with Gasteiger partial charge in [-0.1, -0.05) is 50.6 Å². The molecule has 2 rings (SSSR count). The Bertz CT molecular complexity index is 336. The molecule has 0 aromatic heterocycles. The van der Waals surface area contributed by atoms with Crippen LogP contribution in [0.4, 0.5) is 0 Å². The van der Waals surface area contributed by atoms with Crippen molar-refractivity contribution in [2.24, 2.45) is 5.92 Å². The topological polar surface area (TPSA) is 15.3 Å². The first-order valence-electron chi connectivity index (χ1n) is 7.33. The second kappa shape index (κ2) is 6.91. The molecule has 0 bridgehead atoms. The molecule has 2 heteroatoms. The minimum atomic E-state index is 0.729. The molecular formula is C16H26N2. The molecule has 0 amide bonds. The average Bonchev–Trinajstić information content (AvgIpc) is 2.42. The van der Waals surface area contributed by atoms with Crippen LogP contribution in [0.15, 0.2) is 30.3 Å². The van der Waals surface area contributed by atoms with Crippen LogP contribution < -0.4 is 5.32 Å². The molecule has 1 aliphatic heterocycles. The molecular weight excluding hydrogens is 220 g/mol. The molecule has 0 saturated carbocycles. The van der Waals surface area contributed by atoms with E-state index in [0.717, 1.165) is 25.0 Å². The quantitative estimate of drug-likeness (QED) is 0.859. The van der Waals surface area contributed by atoms with Crippen LogP contribution in [-0.2, 0) is 6.54 Å². The standard InChI is InChI=1S/C16H26N2/c1-3-15-13-18(11-10-16(15)17-4-2)12-14-8-6-5-7-9-14/h5-9,15-17H,3-4,10-13H2,1-2H3. The Morgan fingerprint density at radius 3 is 2.67 bits per heavy atom. The van der Waals surface area contributed by atoms with E-state index in [1.165, 1.54) is 31.5 Å². The molecule has 2 atom stereocenters. The van der Waals surface area contributed by atoms with Gasteiger partial charge in [0.15, 0.2) is 0 Å². The van der Waals surface area contributed by atoms with E-state index in [0.29, 0.717) is 0 Å². The van der Waals surface area contributed by atoms with E-state index in [1.807, 2.05) is 0 Å². The average molecular weight is 246 g/mol. The number of rotatable bonds is 5. The predicted octanol–water partition coefficient (Wildman–Crippen LogP) is 2.90. The minimum Gasteiger partial charge on any atom is -0.314 e. The van der Waals surface area contributed by atoms with E-state index >= 15 is 0 Å². The molecule has 0 spiro atoms. The molecule has 2 unspecified atom stereocenters. The summed E-state index contributed by atoms with van der Waals surface area (Å²) in [5.74, 6) is 0.808. The summed E-state index contributed by atoms with van der Waals surface area (Å²) in [7, 11) is 0. The summed E-state index contributed by atoms with van der Waals surface area (Å²) < 4.78 is 0. The predicted molar refractivity (Wildman–Crippen MR) is 77.6 cm³/mol. The maximum Gasteiger partial charge on any atom is 0.0233 e. The van der Waals surface area contributed by atoms with Crippen molar-refractivity contribution in [2.45, 2.75) is 39.3 Å². The third-order valence-electron chi connectivity index (χ3n) is 4.06. The molecule has 1 heterocycles. The first-order chi connectivity index (χ1) is 8.83. The second-order valence-corrected chi connectivity index (χ2v) is 5.34. The van der Waals surface area contributed by atoms with Crippen LogP contribution in [0.25, 0.3) is 0 Å². The van der Waals surface area contributed by atoms with Gasteiger partial charge in [0.05, 0.1) is 0 Å². The van der Waals surface area contributed by atoms with E-state index in [2.05, 4.69) is 54.4 Å². The fourth-order valence-corrected chi connectivity index (χ4v) is 3.04. The van der Waals surface area contributed by atoms with Crippen molar-refractivity contribution in [1.29, 1.82) is 0 Å². The molecule has 0 aliphatic carbocycles. The van der Waals surface area contributed by atoms with Crippen LogP contribution in [0.2, 0.25) is 0 Å². The zero-order valence-electron chi connectivity index (χ0n) is 11.7. The summed E-state index contributed by atoms with van der Waals surface area (Å²) in [5, 5.41) is 3.64. The number of piperidine rings is 1. The number of hydrogen-bond donors (Lipinski definition) is 1. The van der Waals surface area contributed by atoms with Gasteiger partial charge in [0.25, 0.3) is 0 Å². The van der Waals surface area contributed by atoms with Crippen molar-refractivity contribution in [1.82, 2.24) is 10.2 Å². The SMILES string of the molecule is CCNC1CCN(Cc2ccccc2)CC1CC. The minimum absolute atomic E-state index is 0.729. The molecule has 100 valence electrons. The van der Waals surface area contributed by atoms with Gasteiger partial charge in [0.1, 0.15) is 0 Å². The number of likely N-dealkylation sites (tertiary alicyclic amines) is 1. The zero-order valence-corrected chi connectivity index (χ0v) is 11.7. The molecule has 1 saturated heterocycles. The summed E-state index contributed by atoms with van der Waals surface area (Å²) in [4.78, 5) is 2.61. The molecule has 0 radical (unpaired) electrons. The van der Waals surface area contributed by atoms with Gasteiger partial charge in [0, 0.05) is 19.1 Å². The summed E-state index contributed by atoms with van der Waals surface area (Å²) in [6.07, 6.45) is 2.57. The van der Waals surface area contributed by atoms with Gasteiger partial charge in [-0.25, -0.2) is 0 Å². The van der Waals surface area contributed by atoms with Gasteiger partial charge >= 0.3 is 0 Å². The Labute approximate surface area is 111 Å². The Hall–Kier alpha value is -0.860.